The summed E-state index contributed by atoms with van der Waals surface area (Å²) in [5, 5.41) is 2.75. The number of carbonyl (C=O) groups excluding carboxylic acids is 1. The highest BCUT2D eigenvalue weighted by atomic mass is 16.5. The van der Waals surface area contributed by atoms with E-state index < -0.39 is 0 Å². The molecule has 0 saturated carbocycles. The van der Waals surface area contributed by atoms with Crippen molar-refractivity contribution in [2.45, 2.75) is 6.42 Å². The van der Waals surface area contributed by atoms with Gasteiger partial charge in [-0.2, -0.15) is 0 Å². The van der Waals surface area contributed by atoms with E-state index in [4.69, 9.17) is 9.47 Å². The second-order valence-electron chi connectivity index (χ2n) is 4.77. The highest BCUT2D eigenvalue weighted by molar-refractivity contribution is 5.92. The van der Waals surface area contributed by atoms with Crippen LogP contribution in [0.5, 0.6) is 11.5 Å². The minimum atomic E-state index is -0.192. The molecule has 1 heterocycles. The first-order valence-electron chi connectivity index (χ1n) is 6.71. The van der Waals surface area contributed by atoms with E-state index in [0.29, 0.717) is 17.2 Å². The molecule has 0 aliphatic heterocycles. The van der Waals surface area contributed by atoms with Crippen LogP contribution in [0.4, 0.5) is 5.69 Å². The van der Waals surface area contributed by atoms with Crippen molar-refractivity contribution in [2.75, 3.05) is 19.5 Å². The molecule has 1 aromatic heterocycles. The maximum absolute atomic E-state index is 12.1. The van der Waals surface area contributed by atoms with Gasteiger partial charge in [0.25, 0.3) is 0 Å². The van der Waals surface area contributed by atoms with E-state index in [2.05, 4.69) is 5.32 Å². The minimum absolute atomic E-state index is 0.130. The van der Waals surface area contributed by atoms with Gasteiger partial charge in [0.2, 0.25) is 11.5 Å². The Morgan fingerprint density at radius 1 is 1.18 bits per heavy atom. The van der Waals surface area contributed by atoms with Crippen LogP contribution in [-0.2, 0) is 18.3 Å². The fraction of sp³-hybridized carbons (Fsp3) is 0.250. The van der Waals surface area contributed by atoms with Crippen LogP contribution in [0.2, 0.25) is 0 Å². The lowest BCUT2D eigenvalue weighted by molar-refractivity contribution is -0.115. The normalized spacial score (nSPS) is 10.1. The number of amides is 1. The average molecular weight is 302 g/mol. The molecule has 0 saturated heterocycles. The molecule has 0 radical (unpaired) electrons. The molecule has 6 nitrogen and oxygen atoms in total. The summed E-state index contributed by atoms with van der Waals surface area (Å²) in [6, 6.07) is 8.28. The maximum atomic E-state index is 12.1. The van der Waals surface area contributed by atoms with Gasteiger partial charge in [-0.1, -0.05) is 6.07 Å². The van der Waals surface area contributed by atoms with Crippen LogP contribution < -0.4 is 20.3 Å². The number of ether oxygens (including phenoxy) is 2. The third-order valence-electron chi connectivity index (χ3n) is 3.21. The zero-order valence-electron chi connectivity index (χ0n) is 12.8. The molecule has 0 aliphatic carbocycles. The van der Waals surface area contributed by atoms with Crippen LogP contribution >= 0.6 is 0 Å². The first-order valence-corrected chi connectivity index (χ1v) is 6.71. The van der Waals surface area contributed by atoms with Crippen molar-refractivity contribution in [3.8, 4) is 11.5 Å². The highest BCUT2D eigenvalue weighted by Gasteiger charge is 2.10. The Kier molecular flexibility index (Phi) is 4.83. The molecule has 0 atom stereocenters. The number of benzene rings is 1. The quantitative estimate of drug-likeness (QED) is 0.910. The molecule has 2 aromatic rings. The van der Waals surface area contributed by atoms with Gasteiger partial charge in [-0.15, -0.1) is 0 Å². The number of aryl methyl sites for hydroxylation is 1. The van der Waals surface area contributed by atoms with Crippen LogP contribution in [0.3, 0.4) is 0 Å². The van der Waals surface area contributed by atoms with Gasteiger partial charge >= 0.3 is 0 Å². The minimum Gasteiger partial charge on any atom is -0.497 e. The molecule has 1 N–H and O–H groups in total. The fourth-order valence-corrected chi connectivity index (χ4v) is 2.04. The second-order valence-corrected chi connectivity index (χ2v) is 4.77. The number of rotatable bonds is 5. The van der Waals surface area contributed by atoms with Crippen molar-refractivity contribution in [3.05, 3.63) is 52.4 Å². The molecule has 6 heteroatoms. The topological polar surface area (TPSA) is 69.6 Å². The lowest BCUT2D eigenvalue weighted by atomic mass is 10.1. The lowest BCUT2D eigenvalue weighted by Gasteiger charge is -2.11. The van der Waals surface area contributed by atoms with Crippen molar-refractivity contribution < 1.29 is 14.3 Å². The SMILES string of the molecule is COc1ccc(CC(=O)Nc2ccc(=O)n(C)c2)c(OC)c1. The van der Waals surface area contributed by atoms with Crippen molar-refractivity contribution in [1.82, 2.24) is 4.57 Å². The highest BCUT2D eigenvalue weighted by Crippen LogP contribution is 2.25. The fourth-order valence-electron chi connectivity index (χ4n) is 2.04. The maximum Gasteiger partial charge on any atom is 0.250 e. The largest absolute Gasteiger partial charge is 0.497 e. The van der Waals surface area contributed by atoms with E-state index in [1.54, 1.807) is 51.7 Å². The number of carbonyl (C=O) groups is 1. The van der Waals surface area contributed by atoms with Gasteiger partial charge in [0, 0.05) is 30.9 Å². The molecule has 2 rings (SSSR count). The standard InChI is InChI=1S/C16H18N2O4/c1-18-10-12(5-7-16(18)20)17-15(19)8-11-4-6-13(21-2)9-14(11)22-3/h4-7,9-10H,8H2,1-3H3,(H,17,19). The Bertz CT molecular complexity index is 737. The van der Waals surface area contributed by atoms with Crippen molar-refractivity contribution in [3.63, 3.8) is 0 Å². The summed E-state index contributed by atoms with van der Waals surface area (Å²) in [5.41, 5.74) is 1.19. The van der Waals surface area contributed by atoms with E-state index in [1.165, 1.54) is 10.6 Å². The third-order valence-corrected chi connectivity index (χ3v) is 3.21. The van der Waals surface area contributed by atoms with Gasteiger partial charge in [0.15, 0.2) is 0 Å². The smallest absolute Gasteiger partial charge is 0.250 e. The predicted molar refractivity (Wildman–Crippen MR) is 83.6 cm³/mol. The summed E-state index contributed by atoms with van der Waals surface area (Å²) < 4.78 is 11.8. The second kappa shape index (κ2) is 6.80. The van der Waals surface area contributed by atoms with Gasteiger partial charge in [-0.3, -0.25) is 9.59 Å². The molecular formula is C16H18N2O4. The van der Waals surface area contributed by atoms with E-state index in [1.807, 2.05) is 0 Å². The summed E-state index contributed by atoms with van der Waals surface area (Å²) in [5.74, 6) is 1.07. The average Bonchev–Trinajstić information content (AvgIpc) is 2.51. The molecule has 1 aromatic carbocycles. The molecule has 22 heavy (non-hydrogen) atoms. The van der Waals surface area contributed by atoms with Gasteiger partial charge < -0.3 is 19.4 Å². The van der Waals surface area contributed by atoms with Crippen LogP contribution in [0.25, 0.3) is 0 Å². The van der Waals surface area contributed by atoms with Crippen LogP contribution in [0, 0.1) is 0 Å². The summed E-state index contributed by atoms with van der Waals surface area (Å²) in [6.07, 6.45) is 1.74. The summed E-state index contributed by atoms with van der Waals surface area (Å²) >= 11 is 0. The van der Waals surface area contributed by atoms with Gasteiger partial charge in [-0.05, 0) is 12.1 Å². The van der Waals surface area contributed by atoms with E-state index in [0.717, 1.165) is 5.56 Å². The van der Waals surface area contributed by atoms with Crippen LogP contribution in [-0.4, -0.2) is 24.7 Å². The number of pyridine rings is 1. The van der Waals surface area contributed by atoms with Gasteiger partial charge in [0.05, 0.1) is 26.3 Å². The number of nitrogens with one attached hydrogen (secondary N) is 1. The molecule has 0 bridgehead atoms. The molecule has 1 amide bonds. The van der Waals surface area contributed by atoms with E-state index >= 15 is 0 Å². The van der Waals surface area contributed by atoms with Gasteiger partial charge in [-0.25, -0.2) is 0 Å². The third kappa shape index (κ3) is 3.66. The van der Waals surface area contributed by atoms with Crippen molar-refractivity contribution in [1.29, 1.82) is 0 Å². The zero-order valence-corrected chi connectivity index (χ0v) is 12.8. The number of hydrogen-bond donors (Lipinski definition) is 1. The molecule has 0 fully saturated rings. The Morgan fingerprint density at radius 3 is 2.59 bits per heavy atom. The molecule has 0 unspecified atom stereocenters. The van der Waals surface area contributed by atoms with E-state index in [-0.39, 0.29) is 17.9 Å². The Balaban J connectivity index is 2.11. The summed E-state index contributed by atoms with van der Waals surface area (Å²) in [6.45, 7) is 0. The van der Waals surface area contributed by atoms with Crippen LogP contribution in [0.15, 0.2) is 41.3 Å². The Morgan fingerprint density at radius 2 is 1.95 bits per heavy atom. The summed E-state index contributed by atoms with van der Waals surface area (Å²) in [4.78, 5) is 23.4. The molecule has 0 aliphatic rings. The number of hydrogen-bond acceptors (Lipinski definition) is 4. The lowest BCUT2D eigenvalue weighted by Crippen LogP contribution is -2.19. The number of anilines is 1. The molecule has 116 valence electrons. The first kappa shape index (κ1) is 15.6. The number of methoxy groups -OCH3 is 2. The molecular weight excluding hydrogens is 284 g/mol. The van der Waals surface area contributed by atoms with Crippen molar-refractivity contribution >= 4 is 11.6 Å². The Labute approximate surface area is 128 Å². The Hall–Kier alpha value is -2.76. The van der Waals surface area contributed by atoms with Gasteiger partial charge in [0.1, 0.15) is 11.5 Å². The summed E-state index contributed by atoms with van der Waals surface area (Å²) in [7, 11) is 4.74. The van der Waals surface area contributed by atoms with E-state index in [9.17, 15) is 9.59 Å². The van der Waals surface area contributed by atoms with Crippen LogP contribution in [0.1, 0.15) is 5.56 Å². The first-order chi connectivity index (χ1) is 10.5. The number of aromatic nitrogens is 1. The predicted octanol–water partition coefficient (Wildman–Crippen LogP) is 1.58. The monoisotopic (exact) mass is 302 g/mol. The molecule has 0 spiro atoms. The zero-order chi connectivity index (χ0) is 16.1. The number of nitrogens with zero attached hydrogens (tertiary/aromatic N) is 1. The van der Waals surface area contributed by atoms with Crippen molar-refractivity contribution in [2.24, 2.45) is 7.05 Å².